The molecule has 2 aliphatic heterocycles. The average molecular weight is 302 g/mol. The maximum atomic E-state index is 11.1. The fraction of sp³-hybridized carbons (Fsp3) is 0.611. The second kappa shape index (κ2) is 7.25. The molecule has 2 aliphatic rings. The summed E-state index contributed by atoms with van der Waals surface area (Å²) in [4.78, 5) is 16.3. The standard InChI is InChI=1S/C18H26N2O2/c21-18(22)16-7-5-6-15(12-16)13-19-9-2-1-8-17(14-19)20-10-3-4-11-20/h5-7,12,17H,1-4,8-11,13-14H2,(H,21,22). The zero-order valence-corrected chi connectivity index (χ0v) is 13.2. The van der Waals surface area contributed by atoms with Crippen LogP contribution in [0.2, 0.25) is 0 Å². The number of carboxylic acids is 1. The molecule has 1 unspecified atom stereocenters. The van der Waals surface area contributed by atoms with Gasteiger partial charge < -0.3 is 5.11 Å². The lowest BCUT2D eigenvalue weighted by Gasteiger charge is -2.30. The van der Waals surface area contributed by atoms with Crippen molar-refractivity contribution in [2.75, 3.05) is 26.2 Å². The summed E-state index contributed by atoms with van der Waals surface area (Å²) in [6.45, 7) is 5.63. The Labute approximate surface area is 132 Å². The summed E-state index contributed by atoms with van der Waals surface area (Å²) in [5.41, 5.74) is 1.50. The summed E-state index contributed by atoms with van der Waals surface area (Å²) < 4.78 is 0. The molecular weight excluding hydrogens is 276 g/mol. The van der Waals surface area contributed by atoms with E-state index >= 15 is 0 Å². The van der Waals surface area contributed by atoms with Crippen LogP contribution in [0.15, 0.2) is 24.3 Å². The van der Waals surface area contributed by atoms with Gasteiger partial charge in [-0.05, 0) is 63.0 Å². The highest BCUT2D eigenvalue weighted by molar-refractivity contribution is 5.87. The fourth-order valence-electron chi connectivity index (χ4n) is 3.81. The molecule has 0 saturated carbocycles. The predicted molar refractivity (Wildman–Crippen MR) is 87.1 cm³/mol. The molecule has 1 aromatic rings. The molecule has 0 radical (unpaired) electrons. The van der Waals surface area contributed by atoms with Gasteiger partial charge in [0.2, 0.25) is 0 Å². The Morgan fingerprint density at radius 3 is 2.68 bits per heavy atom. The molecule has 2 fully saturated rings. The van der Waals surface area contributed by atoms with Crippen molar-refractivity contribution in [1.82, 2.24) is 9.80 Å². The highest BCUT2D eigenvalue weighted by Crippen LogP contribution is 2.21. The fourth-order valence-corrected chi connectivity index (χ4v) is 3.81. The molecule has 1 atom stereocenters. The Bertz CT molecular complexity index is 512. The monoisotopic (exact) mass is 302 g/mol. The zero-order valence-electron chi connectivity index (χ0n) is 13.2. The minimum Gasteiger partial charge on any atom is -0.478 e. The summed E-state index contributed by atoms with van der Waals surface area (Å²) in [7, 11) is 0. The van der Waals surface area contributed by atoms with Crippen molar-refractivity contribution in [3.8, 4) is 0 Å². The van der Waals surface area contributed by atoms with E-state index in [1.54, 1.807) is 6.07 Å². The van der Waals surface area contributed by atoms with Gasteiger partial charge in [0, 0.05) is 19.1 Å². The summed E-state index contributed by atoms with van der Waals surface area (Å²) in [5.74, 6) is -0.840. The van der Waals surface area contributed by atoms with Crippen LogP contribution in [0.3, 0.4) is 0 Å². The predicted octanol–water partition coefficient (Wildman–Crippen LogP) is 2.84. The number of carbonyl (C=O) groups is 1. The first-order chi connectivity index (χ1) is 10.7. The second-order valence-electron chi connectivity index (χ2n) is 6.63. The van der Waals surface area contributed by atoms with Gasteiger partial charge in [-0.2, -0.15) is 0 Å². The van der Waals surface area contributed by atoms with Gasteiger partial charge in [-0.1, -0.05) is 18.6 Å². The maximum Gasteiger partial charge on any atom is 0.335 e. The van der Waals surface area contributed by atoms with E-state index in [4.69, 9.17) is 5.11 Å². The largest absolute Gasteiger partial charge is 0.478 e. The van der Waals surface area contributed by atoms with Crippen molar-refractivity contribution in [1.29, 1.82) is 0 Å². The van der Waals surface area contributed by atoms with Crippen LogP contribution in [0.1, 0.15) is 48.0 Å². The van der Waals surface area contributed by atoms with E-state index in [-0.39, 0.29) is 0 Å². The van der Waals surface area contributed by atoms with Gasteiger partial charge in [0.05, 0.1) is 5.56 Å². The first-order valence-corrected chi connectivity index (χ1v) is 8.51. The van der Waals surface area contributed by atoms with Crippen molar-refractivity contribution in [2.24, 2.45) is 0 Å². The molecule has 4 heteroatoms. The summed E-state index contributed by atoms with van der Waals surface area (Å²) in [6, 6.07) is 8.07. The maximum absolute atomic E-state index is 11.1. The van der Waals surface area contributed by atoms with Crippen LogP contribution in [0.25, 0.3) is 0 Å². The lowest BCUT2D eigenvalue weighted by atomic mass is 10.1. The van der Waals surface area contributed by atoms with Gasteiger partial charge in [0.25, 0.3) is 0 Å². The van der Waals surface area contributed by atoms with E-state index in [0.29, 0.717) is 11.6 Å². The minimum absolute atomic E-state index is 0.392. The number of hydrogen-bond donors (Lipinski definition) is 1. The zero-order chi connectivity index (χ0) is 15.4. The number of likely N-dealkylation sites (tertiary alicyclic amines) is 2. The molecule has 2 heterocycles. The number of nitrogens with zero attached hydrogens (tertiary/aromatic N) is 2. The van der Waals surface area contributed by atoms with Crippen LogP contribution in [0.5, 0.6) is 0 Å². The Morgan fingerprint density at radius 2 is 1.91 bits per heavy atom. The molecule has 22 heavy (non-hydrogen) atoms. The number of rotatable bonds is 4. The first-order valence-electron chi connectivity index (χ1n) is 8.51. The minimum atomic E-state index is -0.840. The number of hydrogen-bond acceptors (Lipinski definition) is 3. The van der Waals surface area contributed by atoms with Crippen molar-refractivity contribution in [2.45, 2.75) is 44.7 Å². The van der Waals surface area contributed by atoms with E-state index in [1.165, 1.54) is 45.2 Å². The molecule has 0 amide bonds. The normalized spacial score (nSPS) is 24.3. The summed E-state index contributed by atoms with van der Waals surface area (Å²) >= 11 is 0. The van der Waals surface area contributed by atoms with Crippen LogP contribution < -0.4 is 0 Å². The smallest absolute Gasteiger partial charge is 0.335 e. The van der Waals surface area contributed by atoms with Crippen molar-refractivity contribution in [3.05, 3.63) is 35.4 Å². The average Bonchev–Trinajstić information content (AvgIpc) is 2.95. The quantitative estimate of drug-likeness (QED) is 0.929. The molecule has 0 aliphatic carbocycles. The topological polar surface area (TPSA) is 43.8 Å². The third-order valence-electron chi connectivity index (χ3n) is 4.97. The Hall–Kier alpha value is -1.39. The second-order valence-corrected chi connectivity index (χ2v) is 6.63. The molecular formula is C18H26N2O2. The van der Waals surface area contributed by atoms with Gasteiger partial charge in [-0.15, -0.1) is 0 Å². The lowest BCUT2D eigenvalue weighted by molar-refractivity contribution is 0.0696. The van der Waals surface area contributed by atoms with Crippen LogP contribution in [-0.2, 0) is 6.54 Å². The Balaban J connectivity index is 1.65. The van der Waals surface area contributed by atoms with Crippen molar-refractivity contribution in [3.63, 3.8) is 0 Å². The molecule has 120 valence electrons. The van der Waals surface area contributed by atoms with Crippen LogP contribution in [-0.4, -0.2) is 53.1 Å². The van der Waals surface area contributed by atoms with E-state index in [1.807, 2.05) is 18.2 Å². The first kappa shape index (κ1) is 15.5. The Morgan fingerprint density at radius 1 is 1.14 bits per heavy atom. The van der Waals surface area contributed by atoms with E-state index in [2.05, 4.69) is 9.80 Å². The van der Waals surface area contributed by atoms with Crippen molar-refractivity contribution >= 4 is 5.97 Å². The molecule has 3 rings (SSSR count). The molecule has 2 saturated heterocycles. The molecule has 0 bridgehead atoms. The molecule has 0 aromatic heterocycles. The SMILES string of the molecule is O=C(O)c1cccc(CN2CCCCC(N3CCCC3)C2)c1. The van der Waals surface area contributed by atoms with Gasteiger partial charge in [-0.25, -0.2) is 4.79 Å². The summed E-state index contributed by atoms with van der Waals surface area (Å²) in [6.07, 6.45) is 6.57. The van der Waals surface area contributed by atoms with Gasteiger partial charge in [-0.3, -0.25) is 9.80 Å². The molecule has 4 nitrogen and oxygen atoms in total. The van der Waals surface area contributed by atoms with Gasteiger partial charge in [0.15, 0.2) is 0 Å². The van der Waals surface area contributed by atoms with E-state index < -0.39 is 5.97 Å². The number of carboxylic acid groups (broad SMARTS) is 1. The van der Waals surface area contributed by atoms with E-state index in [9.17, 15) is 4.79 Å². The van der Waals surface area contributed by atoms with Crippen LogP contribution in [0.4, 0.5) is 0 Å². The van der Waals surface area contributed by atoms with Crippen LogP contribution in [0, 0.1) is 0 Å². The molecule has 1 aromatic carbocycles. The third-order valence-corrected chi connectivity index (χ3v) is 4.97. The van der Waals surface area contributed by atoms with Gasteiger partial charge >= 0.3 is 5.97 Å². The molecule has 0 spiro atoms. The van der Waals surface area contributed by atoms with E-state index in [0.717, 1.165) is 25.2 Å². The van der Waals surface area contributed by atoms with Crippen LogP contribution >= 0.6 is 0 Å². The number of aromatic carboxylic acids is 1. The number of benzene rings is 1. The Kier molecular flexibility index (Phi) is 5.11. The van der Waals surface area contributed by atoms with Gasteiger partial charge in [0.1, 0.15) is 0 Å². The summed E-state index contributed by atoms with van der Waals surface area (Å²) in [5, 5.41) is 9.13. The highest BCUT2D eigenvalue weighted by atomic mass is 16.4. The third kappa shape index (κ3) is 3.87. The molecule has 1 N–H and O–H groups in total. The van der Waals surface area contributed by atoms with Crippen molar-refractivity contribution < 1.29 is 9.90 Å². The highest BCUT2D eigenvalue weighted by Gasteiger charge is 2.25. The lowest BCUT2D eigenvalue weighted by Crippen LogP contribution is -2.41.